The van der Waals surface area contributed by atoms with Crippen molar-refractivity contribution in [2.24, 2.45) is 0 Å². The normalized spacial score (nSPS) is 22.3. The van der Waals surface area contributed by atoms with Gasteiger partial charge in [0.1, 0.15) is 4.66 Å². The van der Waals surface area contributed by atoms with Gasteiger partial charge in [-0.25, -0.2) is 13.1 Å². The van der Waals surface area contributed by atoms with Crippen molar-refractivity contribution >= 4 is 26.0 Å². The van der Waals surface area contributed by atoms with Gasteiger partial charge in [-0.1, -0.05) is 41.6 Å². The van der Waals surface area contributed by atoms with Gasteiger partial charge in [0.25, 0.3) is 0 Å². The van der Waals surface area contributed by atoms with E-state index in [0.29, 0.717) is 12.8 Å². The van der Waals surface area contributed by atoms with Gasteiger partial charge in [-0.2, -0.15) is 0 Å². The maximum absolute atomic E-state index is 11.2. The van der Waals surface area contributed by atoms with Crippen LogP contribution in [0.15, 0.2) is 0 Å². The number of alkyl halides is 1. The smallest absolute Gasteiger partial charge is 0.221 e. The van der Waals surface area contributed by atoms with Crippen molar-refractivity contribution in [3.05, 3.63) is 0 Å². The fourth-order valence-electron chi connectivity index (χ4n) is 1.85. The van der Waals surface area contributed by atoms with Gasteiger partial charge in [-0.3, -0.25) is 0 Å². The Bertz CT molecular complexity index is 284. The highest BCUT2D eigenvalue weighted by atomic mass is 79.9. The average molecular weight is 300 g/mol. The molecule has 0 unspecified atom stereocenters. The van der Waals surface area contributed by atoms with Crippen molar-refractivity contribution in [1.82, 2.24) is 4.72 Å². The van der Waals surface area contributed by atoms with E-state index in [2.05, 4.69) is 20.7 Å². The molecule has 0 spiro atoms. The molecule has 1 saturated carbocycles. The lowest BCUT2D eigenvalue weighted by Gasteiger charge is -2.26. The Morgan fingerprint density at radius 3 is 2.20 bits per heavy atom. The second-order valence-electron chi connectivity index (χ2n) is 4.18. The number of halogens is 1. The van der Waals surface area contributed by atoms with E-state index >= 15 is 0 Å². The molecule has 6 heteroatoms. The van der Waals surface area contributed by atoms with Crippen LogP contribution in [-0.4, -0.2) is 30.3 Å². The first-order valence-corrected chi connectivity index (χ1v) is 8.00. The minimum absolute atomic E-state index is 0.115. The summed E-state index contributed by atoms with van der Waals surface area (Å²) in [5.74, 6) is 0. The standard InChI is InChI=1S/C9H18BrNO3S/c10-8-15(13,14)11-7-9(12)5-3-1-2-4-6-9/h11-12H,1-8H2. The number of rotatable bonds is 4. The minimum atomic E-state index is -3.26. The highest BCUT2D eigenvalue weighted by Crippen LogP contribution is 2.26. The lowest BCUT2D eigenvalue weighted by molar-refractivity contribution is 0.0303. The van der Waals surface area contributed by atoms with Crippen LogP contribution in [0.5, 0.6) is 0 Å². The van der Waals surface area contributed by atoms with Crippen LogP contribution in [0.25, 0.3) is 0 Å². The van der Waals surface area contributed by atoms with Gasteiger partial charge in [0.15, 0.2) is 0 Å². The van der Waals surface area contributed by atoms with Crippen LogP contribution in [0.3, 0.4) is 0 Å². The molecule has 0 aromatic heterocycles. The van der Waals surface area contributed by atoms with E-state index < -0.39 is 15.6 Å². The predicted octanol–water partition coefficient (Wildman–Crippen LogP) is 1.34. The first-order chi connectivity index (χ1) is 6.97. The van der Waals surface area contributed by atoms with Gasteiger partial charge in [0, 0.05) is 6.54 Å². The monoisotopic (exact) mass is 299 g/mol. The molecule has 0 atom stereocenters. The van der Waals surface area contributed by atoms with Gasteiger partial charge in [0.05, 0.1) is 5.60 Å². The average Bonchev–Trinajstić information content (AvgIpc) is 2.42. The summed E-state index contributed by atoms with van der Waals surface area (Å²) in [6.45, 7) is 0.140. The number of hydrogen-bond donors (Lipinski definition) is 2. The van der Waals surface area contributed by atoms with Crippen LogP contribution >= 0.6 is 15.9 Å². The van der Waals surface area contributed by atoms with Gasteiger partial charge in [-0.05, 0) is 12.8 Å². The molecule has 1 fully saturated rings. The van der Waals surface area contributed by atoms with Crippen LogP contribution in [-0.2, 0) is 10.0 Å². The summed E-state index contributed by atoms with van der Waals surface area (Å²) >= 11 is 2.90. The topological polar surface area (TPSA) is 66.4 Å². The fraction of sp³-hybridized carbons (Fsp3) is 1.00. The third-order valence-corrected chi connectivity index (χ3v) is 5.48. The molecular weight excluding hydrogens is 282 g/mol. The van der Waals surface area contributed by atoms with E-state index in [9.17, 15) is 13.5 Å². The maximum Gasteiger partial charge on any atom is 0.221 e. The molecule has 0 aliphatic heterocycles. The zero-order valence-electron chi connectivity index (χ0n) is 8.71. The summed E-state index contributed by atoms with van der Waals surface area (Å²) in [7, 11) is -3.26. The predicted molar refractivity (Wildman–Crippen MR) is 63.4 cm³/mol. The van der Waals surface area contributed by atoms with Crippen LogP contribution in [0.2, 0.25) is 0 Å². The Morgan fingerprint density at radius 1 is 1.20 bits per heavy atom. The molecule has 0 saturated heterocycles. The van der Waals surface area contributed by atoms with E-state index in [4.69, 9.17) is 0 Å². The molecule has 0 aromatic rings. The van der Waals surface area contributed by atoms with Crippen LogP contribution in [0.1, 0.15) is 38.5 Å². The molecule has 4 nitrogen and oxygen atoms in total. The summed E-state index contributed by atoms with van der Waals surface area (Å²) in [6.07, 6.45) is 5.61. The minimum Gasteiger partial charge on any atom is -0.389 e. The van der Waals surface area contributed by atoms with Crippen molar-refractivity contribution < 1.29 is 13.5 Å². The number of nitrogens with one attached hydrogen (secondary N) is 1. The lowest BCUT2D eigenvalue weighted by Crippen LogP contribution is -2.42. The number of sulfonamides is 1. The molecule has 15 heavy (non-hydrogen) atoms. The van der Waals surface area contributed by atoms with Crippen LogP contribution in [0.4, 0.5) is 0 Å². The van der Waals surface area contributed by atoms with E-state index in [0.717, 1.165) is 25.7 Å². The van der Waals surface area contributed by atoms with Gasteiger partial charge < -0.3 is 5.11 Å². The molecule has 2 N–H and O–H groups in total. The molecule has 1 rings (SSSR count). The number of hydrogen-bond acceptors (Lipinski definition) is 3. The van der Waals surface area contributed by atoms with Crippen LogP contribution in [0, 0.1) is 0 Å². The molecule has 0 bridgehead atoms. The lowest BCUT2D eigenvalue weighted by atomic mass is 9.95. The molecule has 0 radical (unpaired) electrons. The number of aliphatic hydroxyl groups is 1. The maximum atomic E-state index is 11.2. The second kappa shape index (κ2) is 5.61. The summed E-state index contributed by atoms with van der Waals surface area (Å²) in [6, 6.07) is 0. The van der Waals surface area contributed by atoms with Gasteiger partial charge in [0.2, 0.25) is 10.0 Å². The fourth-order valence-corrected chi connectivity index (χ4v) is 2.90. The first kappa shape index (κ1) is 13.4. The van der Waals surface area contributed by atoms with E-state index in [1.54, 1.807) is 0 Å². The van der Waals surface area contributed by atoms with E-state index in [1.165, 1.54) is 0 Å². The molecular formula is C9H18BrNO3S. The summed E-state index contributed by atoms with van der Waals surface area (Å²) in [5, 5.41) is 10.2. The second-order valence-corrected chi connectivity index (χ2v) is 7.29. The Labute approximate surface area is 99.6 Å². The molecule has 1 aliphatic carbocycles. The highest BCUT2D eigenvalue weighted by molar-refractivity contribution is 9.10. The highest BCUT2D eigenvalue weighted by Gasteiger charge is 2.29. The van der Waals surface area contributed by atoms with Crippen molar-refractivity contribution in [1.29, 1.82) is 0 Å². The molecule has 90 valence electrons. The first-order valence-electron chi connectivity index (χ1n) is 5.23. The molecule has 0 heterocycles. The SMILES string of the molecule is O=S(=O)(CBr)NCC1(O)CCCCCC1. The summed E-state index contributed by atoms with van der Waals surface area (Å²) < 4.78 is 24.7. The van der Waals surface area contributed by atoms with Crippen molar-refractivity contribution in [2.75, 3.05) is 11.2 Å². The zero-order chi connectivity index (χ0) is 11.4. The molecule has 1 aliphatic rings. The summed E-state index contributed by atoms with van der Waals surface area (Å²) in [4.78, 5) is 0. The Hall–Kier alpha value is 0.350. The van der Waals surface area contributed by atoms with Gasteiger partial charge in [-0.15, -0.1) is 0 Å². The van der Waals surface area contributed by atoms with E-state index in [1.807, 2.05) is 0 Å². The van der Waals surface area contributed by atoms with E-state index in [-0.39, 0.29) is 11.2 Å². The largest absolute Gasteiger partial charge is 0.389 e. The van der Waals surface area contributed by atoms with Gasteiger partial charge >= 0.3 is 0 Å². The van der Waals surface area contributed by atoms with Crippen LogP contribution < -0.4 is 4.72 Å². The Morgan fingerprint density at radius 2 is 1.73 bits per heavy atom. The summed E-state index contributed by atoms with van der Waals surface area (Å²) in [5.41, 5.74) is -0.842. The molecule has 0 aromatic carbocycles. The molecule has 0 amide bonds. The quantitative estimate of drug-likeness (QED) is 0.608. The Kier molecular flexibility index (Phi) is 5.02. The third-order valence-electron chi connectivity index (χ3n) is 2.80. The van der Waals surface area contributed by atoms with Crippen molar-refractivity contribution in [2.45, 2.75) is 44.1 Å². The van der Waals surface area contributed by atoms with Crippen molar-refractivity contribution in [3.8, 4) is 0 Å². The zero-order valence-corrected chi connectivity index (χ0v) is 11.1. The third kappa shape index (κ3) is 4.80. The van der Waals surface area contributed by atoms with Crippen molar-refractivity contribution in [3.63, 3.8) is 0 Å². The Balaban J connectivity index is 2.48.